The van der Waals surface area contributed by atoms with Crippen molar-refractivity contribution in [1.29, 1.82) is 0 Å². The maximum Gasteiger partial charge on any atom is 0.0805 e. The molecule has 0 radical (unpaired) electrons. The van der Waals surface area contributed by atoms with Crippen molar-refractivity contribution in [3.8, 4) is 0 Å². The first kappa shape index (κ1) is 26.3. The molecular formula is C16H38I2N2. The Balaban J connectivity index is -0.00000144. The predicted octanol–water partition coefficient (Wildman–Crippen LogP) is -2.76. The van der Waals surface area contributed by atoms with Gasteiger partial charge in [0, 0.05) is 24.7 Å². The van der Waals surface area contributed by atoms with Crippen molar-refractivity contribution in [1.82, 2.24) is 0 Å². The Bertz CT molecular complexity index is 203. The first-order chi connectivity index (χ1) is 8.04. The lowest BCUT2D eigenvalue weighted by atomic mass is 10.1. The average Bonchev–Trinajstić information content (AvgIpc) is 2.08. The van der Waals surface area contributed by atoms with Gasteiger partial charge in [-0.3, -0.25) is 0 Å². The van der Waals surface area contributed by atoms with Crippen molar-refractivity contribution in [2.24, 2.45) is 11.8 Å². The summed E-state index contributed by atoms with van der Waals surface area (Å²) in [7, 11) is 9.48. The molecule has 0 atom stereocenters. The molecule has 0 aliphatic carbocycles. The number of halogens is 2. The van der Waals surface area contributed by atoms with Gasteiger partial charge in [0.2, 0.25) is 0 Å². The fraction of sp³-hybridized carbons (Fsp3) is 1.00. The molecule has 0 fully saturated rings. The van der Waals surface area contributed by atoms with Gasteiger partial charge in [-0.05, 0) is 0 Å². The zero-order valence-electron chi connectivity index (χ0n) is 15.0. The minimum absolute atomic E-state index is 0. The van der Waals surface area contributed by atoms with Crippen LogP contribution in [-0.4, -0.2) is 63.3 Å². The number of unbranched alkanes of at least 4 members (excludes halogenated alkanes) is 1. The second-order valence-corrected chi connectivity index (χ2v) is 8.18. The summed E-state index contributed by atoms with van der Waals surface area (Å²) in [6.07, 6.45) is 2.72. The lowest BCUT2D eigenvalue weighted by Gasteiger charge is -2.34. The smallest absolute Gasteiger partial charge is 0.0805 e. The SMILES string of the molecule is CC(C)C[N+](C)(C)CCCC[N+](C)(C)CC(C)C.[I-].[I-]. The van der Waals surface area contributed by atoms with Gasteiger partial charge in [0.25, 0.3) is 0 Å². The van der Waals surface area contributed by atoms with Crippen LogP contribution in [0, 0.1) is 11.8 Å². The van der Waals surface area contributed by atoms with E-state index >= 15 is 0 Å². The number of hydrogen-bond donors (Lipinski definition) is 0. The first-order valence-corrected chi connectivity index (χ1v) is 7.68. The molecule has 0 N–H and O–H groups in total. The molecule has 20 heavy (non-hydrogen) atoms. The second-order valence-electron chi connectivity index (χ2n) is 8.18. The van der Waals surface area contributed by atoms with Gasteiger partial charge in [0.05, 0.1) is 54.4 Å². The molecular weight excluding hydrogens is 474 g/mol. The van der Waals surface area contributed by atoms with Crippen LogP contribution in [0.15, 0.2) is 0 Å². The molecule has 0 aliphatic heterocycles. The quantitative estimate of drug-likeness (QED) is 0.179. The Hall–Kier alpha value is 1.38. The summed E-state index contributed by atoms with van der Waals surface area (Å²) in [6.45, 7) is 14.5. The molecule has 0 rings (SSSR count). The molecule has 0 heterocycles. The van der Waals surface area contributed by atoms with Crippen molar-refractivity contribution >= 4 is 0 Å². The molecule has 4 heteroatoms. The van der Waals surface area contributed by atoms with E-state index in [1.54, 1.807) is 0 Å². The van der Waals surface area contributed by atoms with E-state index in [1.165, 1.54) is 48.0 Å². The van der Waals surface area contributed by atoms with E-state index < -0.39 is 0 Å². The highest BCUT2D eigenvalue weighted by molar-refractivity contribution is 4.46. The van der Waals surface area contributed by atoms with Crippen molar-refractivity contribution < 1.29 is 56.9 Å². The molecule has 126 valence electrons. The van der Waals surface area contributed by atoms with E-state index in [0.29, 0.717) is 0 Å². The van der Waals surface area contributed by atoms with E-state index in [0.717, 1.165) is 11.8 Å². The lowest BCUT2D eigenvalue weighted by molar-refractivity contribution is -0.899. The average molecular weight is 512 g/mol. The van der Waals surface area contributed by atoms with Crippen molar-refractivity contribution in [3.63, 3.8) is 0 Å². The van der Waals surface area contributed by atoms with Crippen LogP contribution in [0.3, 0.4) is 0 Å². The number of nitrogens with zero attached hydrogens (tertiary/aromatic N) is 2. The van der Waals surface area contributed by atoms with Crippen LogP contribution in [0.1, 0.15) is 40.5 Å². The maximum absolute atomic E-state index is 2.37. The van der Waals surface area contributed by atoms with Crippen LogP contribution in [0.25, 0.3) is 0 Å². The van der Waals surface area contributed by atoms with E-state index in [1.807, 2.05) is 0 Å². The van der Waals surface area contributed by atoms with Gasteiger partial charge < -0.3 is 56.9 Å². The fourth-order valence-corrected chi connectivity index (χ4v) is 3.24. The normalized spacial score (nSPS) is 12.3. The summed E-state index contributed by atoms with van der Waals surface area (Å²) in [4.78, 5) is 0. The molecule has 0 aromatic rings. The third-order valence-electron chi connectivity index (χ3n) is 3.50. The van der Waals surface area contributed by atoms with Crippen molar-refractivity contribution in [2.75, 3.05) is 54.4 Å². The maximum atomic E-state index is 2.37. The van der Waals surface area contributed by atoms with Crippen LogP contribution in [0.4, 0.5) is 0 Å². The van der Waals surface area contributed by atoms with E-state index in [-0.39, 0.29) is 48.0 Å². The van der Waals surface area contributed by atoms with Gasteiger partial charge in [-0.15, -0.1) is 0 Å². The molecule has 0 spiro atoms. The third-order valence-corrected chi connectivity index (χ3v) is 3.50. The zero-order chi connectivity index (χ0) is 14.4. The van der Waals surface area contributed by atoms with Crippen LogP contribution >= 0.6 is 0 Å². The van der Waals surface area contributed by atoms with Crippen LogP contribution in [-0.2, 0) is 0 Å². The standard InChI is InChI=1S/C16H38N2.2HI/c1-15(2)13-17(5,6)11-9-10-12-18(7,8)14-16(3)4;;/h15-16H,9-14H2,1-8H3;2*1H/q+2;;/p-2. The molecule has 2 nitrogen and oxygen atoms in total. The number of rotatable bonds is 9. The molecule has 0 saturated carbocycles. The number of hydrogen-bond acceptors (Lipinski definition) is 0. The van der Waals surface area contributed by atoms with Gasteiger partial charge >= 0.3 is 0 Å². The van der Waals surface area contributed by atoms with Gasteiger partial charge in [-0.1, -0.05) is 27.7 Å². The highest BCUT2D eigenvalue weighted by atomic mass is 127. The third kappa shape index (κ3) is 15.8. The first-order valence-electron chi connectivity index (χ1n) is 7.68. The summed E-state index contributed by atoms with van der Waals surface area (Å²) in [5.41, 5.74) is 0. The van der Waals surface area contributed by atoms with Gasteiger partial charge in [-0.2, -0.15) is 0 Å². The molecule has 0 unspecified atom stereocenters. The highest BCUT2D eigenvalue weighted by Gasteiger charge is 2.19. The van der Waals surface area contributed by atoms with E-state index in [2.05, 4.69) is 55.9 Å². The number of quaternary nitrogens is 2. The second kappa shape index (κ2) is 11.9. The molecule has 0 aliphatic rings. The van der Waals surface area contributed by atoms with E-state index in [9.17, 15) is 0 Å². The summed E-state index contributed by atoms with van der Waals surface area (Å²) in [5, 5.41) is 0. The van der Waals surface area contributed by atoms with Gasteiger partial charge in [0.15, 0.2) is 0 Å². The minimum atomic E-state index is 0. The van der Waals surface area contributed by atoms with Crippen LogP contribution in [0.5, 0.6) is 0 Å². The van der Waals surface area contributed by atoms with Crippen LogP contribution < -0.4 is 48.0 Å². The summed E-state index contributed by atoms with van der Waals surface area (Å²) < 4.78 is 2.35. The Morgan fingerprint density at radius 1 is 0.600 bits per heavy atom. The van der Waals surface area contributed by atoms with E-state index in [4.69, 9.17) is 0 Å². The predicted molar refractivity (Wildman–Crippen MR) is 82.6 cm³/mol. The van der Waals surface area contributed by atoms with Gasteiger partial charge in [-0.25, -0.2) is 0 Å². The minimum Gasteiger partial charge on any atom is -1.00 e. The topological polar surface area (TPSA) is 0 Å². The Kier molecular flexibility index (Phi) is 15.6. The largest absolute Gasteiger partial charge is 1.00 e. The summed E-state index contributed by atoms with van der Waals surface area (Å²) in [5.74, 6) is 1.60. The molecule has 0 aromatic carbocycles. The molecule has 0 bridgehead atoms. The molecule has 0 saturated heterocycles. The monoisotopic (exact) mass is 512 g/mol. The fourth-order valence-electron chi connectivity index (χ4n) is 3.24. The Morgan fingerprint density at radius 3 is 1.05 bits per heavy atom. The zero-order valence-corrected chi connectivity index (χ0v) is 19.4. The van der Waals surface area contributed by atoms with Crippen molar-refractivity contribution in [2.45, 2.75) is 40.5 Å². The van der Waals surface area contributed by atoms with Crippen molar-refractivity contribution in [3.05, 3.63) is 0 Å². The Labute approximate surface area is 162 Å². The summed E-state index contributed by atoms with van der Waals surface area (Å²) >= 11 is 0. The molecule has 0 aromatic heterocycles. The lowest BCUT2D eigenvalue weighted by Crippen LogP contribution is -3.00. The molecule has 0 amide bonds. The van der Waals surface area contributed by atoms with Crippen LogP contribution in [0.2, 0.25) is 0 Å². The van der Waals surface area contributed by atoms with Gasteiger partial charge in [0.1, 0.15) is 0 Å². The summed E-state index contributed by atoms with van der Waals surface area (Å²) in [6, 6.07) is 0. The Morgan fingerprint density at radius 2 is 0.850 bits per heavy atom. The highest BCUT2D eigenvalue weighted by Crippen LogP contribution is 2.10.